The zero-order valence-corrected chi connectivity index (χ0v) is 11.9. The highest BCUT2D eigenvalue weighted by Crippen LogP contribution is 2.18. The van der Waals surface area contributed by atoms with Gasteiger partial charge in [0, 0.05) is 18.9 Å². The molecule has 0 aliphatic rings. The SMILES string of the molecule is CCCn1ccnc1-c1nc(Cl)nc(OC(C)C)n1. The van der Waals surface area contributed by atoms with Gasteiger partial charge in [0.05, 0.1) is 6.10 Å². The Hall–Kier alpha value is -1.69. The van der Waals surface area contributed by atoms with E-state index >= 15 is 0 Å². The van der Waals surface area contributed by atoms with Gasteiger partial charge >= 0.3 is 6.01 Å². The second kappa shape index (κ2) is 5.97. The fourth-order valence-corrected chi connectivity index (χ4v) is 1.78. The summed E-state index contributed by atoms with van der Waals surface area (Å²) in [4.78, 5) is 16.6. The molecule has 0 N–H and O–H groups in total. The molecule has 19 heavy (non-hydrogen) atoms. The van der Waals surface area contributed by atoms with Gasteiger partial charge in [-0.3, -0.25) is 0 Å². The van der Waals surface area contributed by atoms with E-state index in [4.69, 9.17) is 16.3 Å². The maximum Gasteiger partial charge on any atom is 0.321 e. The second-order valence-corrected chi connectivity index (χ2v) is 4.66. The van der Waals surface area contributed by atoms with E-state index in [0.717, 1.165) is 13.0 Å². The molecule has 0 bridgehead atoms. The maximum atomic E-state index is 5.90. The fraction of sp³-hybridized carbons (Fsp3) is 0.500. The summed E-state index contributed by atoms with van der Waals surface area (Å²) >= 11 is 5.90. The summed E-state index contributed by atoms with van der Waals surface area (Å²) in [5, 5.41) is 0.103. The Morgan fingerprint density at radius 2 is 2.11 bits per heavy atom. The standard InChI is InChI=1S/C12H16ClN5O/c1-4-6-18-7-5-14-10(18)9-15-11(13)17-12(16-9)19-8(2)3/h5,7-8H,4,6H2,1-3H3. The smallest absolute Gasteiger partial charge is 0.321 e. The van der Waals surface area contributed by atoms with Crippen LogP contribution >= 0.6 is 11.6 Å². The molecular formula is C12H16ClN5O. The van der Waals surface area contributed by atoms with Crippen molar-refractivity contribution < 1.29 is 4.74 Å². The van der Waals surface area contributed by atoms with Gasteiger partial charge in [-0.05, 0) is 31.9 Å². The van der Waals surface area contributed by atoms with E-state index in [1.165, 1.54) is 0 Å². The summed E-state index contributed by atoms with van der Waals surface area (Å²) in [6.45, 7) is 6.74. The van der Waals surface area contributed by atoms with E-state index in [0.29, 0.717) is 11.6 Å². The van der Waals surface area contributed by atoms with Crippen molar-refractivity contribution in [1.82, 2.24) is 24.5 Å². The third-order valence-corrected chi connectivity index (χ3v) is 2.48. The number of aryl methyl sites for hydroxylation is 1. The summed E-state index contributed by atoms with van der Waals surface area (Å²) in [5.74, 6) is 1.09. The number of aromatic nitrogens is 5. The molecule has 0 radical (unpaired) electrons. The lowest BCUT2D eigenvalue weighted by Gasteiger charge is -2.09. The van der Waals surface area contributed by atoms with Crippen LogP contribution in [0.1, 0.15) is 27.2 Å². The second-order valence-electron chi connectivity index (χ2n) is 4.32. The molecule has 0 aliphatic heterocycles. The van der Waals surface area contributed by atoms with Crippen LogP contribution in [0.2, 0.25) is 5.28 Å². The number of nitrogens with zero attached hydrogens (tertiary/aromatic N) is 5. The molecule has 2 aromatic heterocycles. The Morgan fingerprint density at radius 3 is 2.79 bits per heavy atom. The first kappa shape index (κ1) is 13.7. The summed E-state index contributed by atoms with van der Waals surface area (Å²) < 4.78 is 7.43. The monoisotopic (exact) mass is 281 g/mol. The van der Waals surface area contributed by atoms with Crippen LogP contribution in [-0.2, 0) is 6.54 Å². The first-order chi connectivity index (χ1) is 9.10. The molecule has 0 atom stereocenters. The number of hydrogen-bond acceptors (Lipinski definition) is 5. The van der Waals surface area contributed by atoms with E-state index in [-0.39, 0.29) is 17.4 Å². The fourth-order valence-electron chi connectivity index (χ4n) is 1.63. The highest BCUT2D eigenvalue weighted by Gasteiger charge is 2.13. The normalized spacial score (nSPS) is 11.0. The quantitative estimate of drug-likeness (QED) is 0.843. The highest BCUT2D eigenvalue weighted by molar-refractivity contribution is 6.28. The largest absolute Gasteiger partial charge is 0.461 e. The first-order valence-corrected chi connectivity index (χ1v) is 6.57. The Kier molecular flexibility index (Phi) is 4.31. The number of halogens is 1. The van der Waals surface area contributed by atoms with Crippen LogP contribution in [-0.4, -0.2) is 30.6 Å². The molecule has 2 rings (SSSR count). The molecule has 0 fully saturated rings. The summed E-state index contributed by atoms with van der Waals surface area (Å²) in [5.41, 5.74) is 0. The van der Waals surface area contributed by atoms with Gasteiger partial charge in [-0.15, -0.1) is 0 Å². The van der Waals surface area contributed by atoms with E-state index in [1.54, 1.807) is 6.20 Å². The lowest BCUT2D eigenvalue weighted by atomic mass is 10.4. The molecule has 6 nitrogen and oxygen atoms in total. The Labute approximate surface area is 116 Å². The van der Waals surface area contributed by atoms with Crippen molar-refractivity contribution in [2.45, 2.75) is 39.8 Å². The van der Waals surface area contributed by atoms with Crippen LogP contribution in [0.15, 0.2) is 12.4 Å². The minimum Gasteiger partial charge on any atom is -0.461 e. The average molecular weight is 282 g/mol. The molecule has 0 aliphatic carbocycles. The number of rotatable bonds is 5. The van der Waals surface area contributed by atoms with Crippen LogP contribution in [0, 0.1) is 0 Å². The molecule has 0 saturated heterocycles. The molecule has 2 heterocycles. The van der Waals surface area contributed by atoms with E-state index in [2.05, 4.69) is 26.9 Å². The van der Waals surface area contributed by atoms with Crippen LogP contribution in [0.4, 0.5) is 0 Å². The van der Waals surface area contributed by atoms with Crippen molar-refractivity contribution in [2.24, 2.45) is 0 Å². The van der Waals surface area contributed by atoms with E-state index in [1.807, 2.05) is 24.6 Å². The zero-order chi connectivity index (χ0) is 13.8. The third-order valence-electron chi connectivity index (χ3n) is 2.31. The topological polar surface area (TPSA) is 65.7 Å². The van der Waals surface area contributed by atoms with Gasteiger partial charge in [-0.1, -0.05) is 6.92 Å². The Balaban J connectivity index is 2.38. The van der Waals surface area contributed by atoms with Gasteiger partial charge in [0.1, 0.15) is 0 Å². The number of imidazole rings is 1. The van der Waals surface area contributed by atoms with Crippen molar-refractivity contribution in [2.75, 3.05) is 0 Å². The van der Waals surface area contributed by atoms with Crippen molar-refractivity contribution in [3.05, 3.63) is 17.7 Å². The van der Waals surface area contributed by atoms with Crippen LogP contribution in [0.25, 0.3) is 11.6 Å². The Morgan fingerprint density at radius 1 is 1.32 bits per heavy atom. The van der Waals surface area contributed by atoms with Gasteiger partial charge in [0.25, 0.3) is 0 Å². The molecule has 0 amide bonds. The molecule has 0 saturated carbocycles. The molecule has 0 aromatic carbocycles. The number of hydrogen-bond donors (Lipinski definition) is 0. The minimum atomic E-state index is -0.0262. The van der Waals surface area contributed by atoms with Gasteiger partial charge in [-0.2, -0.15) is 15.0 Å². The van der Waals surface area contributed by atoms with Crippen LogP contribution in [0.3, 0.4) is 0 Å². The average Bonchev–Trinajstić information content (AvgIpc) is 2.76. The van der Waals surface area contributed by atoms with Crippen molar-refractivity contribution in [1.29, 1.82) is 0 Å². The lowest BCUT2D eigenvalue weighted by Crippen LogP contribution is -2.10. The van der Waals surface area contributed by atoms with Gasteiger partial charge in [-0.25, -0.2) is 4.98 Å². The van der Waals surface area contributed by atoms with Gasteiger partial charge in [0.15, 0.2) is 5.82 Å². The highest BCUT2D eigenvalue weighted by atomic mass is 35.5. The lowest BCUT2D eigenvalue weighted by molar-refractivity contribution is 0.221. The van der Waals surface area contributed by atoms with Crippen molar-refractivity contribution >= 4 is 11.6 Å². The summed E-state index contributed by atoms with van der Waals surface area (Å²) in [6, 6.07) is 0.219. The zero-order valence-electron chi connectivity index (χ0n) is 11.2. The third kappa shape index (κ3) is 3.41. The maximum absolute atomic E-state index is 5.90. The van der Waals surface area contributed by atoms with Gasteiger partial charge in [0.2, 0.25) is 11.1 Å². The predicted octanol–water partition coefficient (Wildman–Crippen LogP) is 2.59. The van der Waals surface area contributed by atoms with Crippen LogP contribution in [0.5, 0.6) is 6.01 Å². The molecular weight excluding hydrogens is 266 g/mol. The van der Waals surface area contributed by atoms with E-state index < -0.39 is 0 Å². The Bertz CT molecular complexity index is 555. The summed E-state index contributed by atoms with van der Waals surface area (Å²) in [7, 11) is 0. The molecule has 102 valence electrons. The van der Waals surface area contributed by atoms with Gasteiger partial charge < -0.3 is 9.30 Å². The molecule has 0 spiro atoms. The molecule has 0 unspecified atom stereocenters. The molecule has 2 aromatic rings. The summed E-state index contributed by atoms with van der Waals surface area (Å²) in [6.07, 6.45) is 4.57. The van der Waals surface area contributed by atoms with Crippen LogP contribution < -0.4 is 4.74 Å². The molecule has 7 heteroatoms. The number of ether oxygens (including phenoxy) is 1. The predicted molar refractivity (Wildman–Crippen MR) is 72.1 cm³/mol. The minimum absolute atomic E-state index is 0.0262. The van der Waals surface area contributed by atoms with Crippen molar-refractivity contribution in [3.63, 3.8) is 0 Å². The first-order valence-electron chi connectivity index (χ1n) is 6.20. The van der Waals surface area contributed by atoms with E-state index in [9.17, 15) is 0 Å². The van der Waals surface area contributed by atoms with Crippen molar-refractivity contribution in [3.8, 4) is 17.7 Å².